The Kier molecular flexibility index (Phi) is 3.14. The summed E-state index contributed by atoms with van der Waals surface area (Å²) in [5.41, 5.74) is 3.17. The van der Waals surface area contributed by atoms with Crippen molar-refractivity contribution >= 4 is 5.69 Å². The lowest BCUT2D eigenvalue weighted by molar-refractivity contribution is 0.174. The first-order valence-electron chi connectivity index (χ1n) is 6.53. The molecule has 0 aromatic heterocycles. The highest BCUT2D eigenvalue weighted by atomic mass is 16.7. The molecule has 4 nitrogen and oxygen atoms in total. The average Bonchev–Trinajstić information content (AvgIpc) is 2.86. The normalized spacial score (nSPS) is 12.5. The lowest BCUT2D eigenvalue weighted by Gasteiger charge is -2.22. The van der Waals surface area contributed by atoms with Crippen molar-refractivity contribution in [2.75, 3.05) is 18.7 Å². The first-order chi connectivity index (χ1) is 9.65. The molecule has 1 aliphatic heterocycles. The molecular formula is C16H17NO3. The van der Waals surface area contributed by atoms with Crippen LogP contribution in [-0.2, 0) is 6.54 Å². The Morgan fingerprint density at radius 2 is 1.85 bits per heavy atom. The smallest absolute Gasteiger partial charge is 0.231 e. The molecule has 1 aliphatic rings. The van der Waals surface area contributed by atoms with Crippen molar-refractivity contribution in [2.45, 2.75) is 13.5 Å². The van der Waals surface area contributed by atoms with E-state index < -0.39 is 0 Å². The third-order valence-corrected chi connectivity index (χ3v) is 3.51. The zero-order chi connectivity index (χ0) is 14.1. The minimum atomic E-state index is 0.214. The highest BCUT2D eigenvalue weighted by molar-refractivity contribution is 5.56. The molecular weight excluding hydrogens is 254 g/mol. The van der Waals surface area contributed by atoms with Crippen LogP contribution in [0.3, 0.4) is 0 Å². The minimum absolute atomic E-state index is 0.214. The molecule has 1 N–H and O–H groups in total. The van der Waals surface area contributed by atoms with Gasteiger partial charge in [-0.25, -0.2) is 0 Å². The Hall–Kier alpha value is -2.36. The molecule has 1 heterocycles. The topological polar surface area (TPSA) is 41.9 Å². The number of para-hydroxylation sites is 1. The number of hydrogen-bond donors (Lipinski definition) is 1. The van der Waals surface area contributed by atoms with Crippen LogP contribution >= 0.6 is 0 Å². The van der Waals surface area contributed by atoms with E-state index in [2.05, 4.69) is 24.0 Å². The number of phenols is 1. The first-order valence-corrected chi connectivity index (χ1v) is 6.53. The fraction of sp³-hybridized carbons (Fsp3) is 0.250. The number of fused-ring (bicyclic) bond motifs is 1. The van der Waals surface area contributed by atoms with Crippen LogP contribution in [0, 0.1) is 6.92 Å². The van der Waals surface area contributed by atoms with E-state index in [0.29, 0.717) is 18.0 Å². The number of ether oxygens (including phenoxy) is 2. The average molecular weight is 271 g/mol. The van der Waals surface area contributed by atoms with Crippen molar-refractivity contribution in [3.05, 3.63) is 47.5 Å². The van der Waals surface area contributed by atoms with Crippen molar-refractivity contribution < 1.29 is 14.6 Å². The fourth-order valence-corrected chi connectivity index (χ4v) is 2.43. The number of aromatic hydroxyl groups is 1. The van der Waals surface area contributed by atoms with Crippen molar-refractivity contribution in [3.8, 4) is 17.2 Å². The molecule has 0 bridgehead atoms. The first kappa shape index (κ1) is 12.7. The zero-order valence-corrected chi connectivity index (χ0v) is 11.6. The zero-order valence-electron chi connectivity index (χ0n) is 11.6. The van der Waals surface area contributed by atoms with E-state index >= 15 is 0 Å². The second-order valence-corrected chi connectivity index (χ2v) is 4.98. The Bertz CT molecular complexity index is 640. The van der Waals surface area contributed by atoms with E-state index in [0.717, 1.165) is 11.3 Å². The van der Waals surface area contributed by atoms with Crippen LogP contribution in [0.4, 0.5) is 5.69 Å². The van der Waals surface area contributed by atoms with Crippen LogP contribution in [0.5, 0.6) is 17.2 Å². The number of anilines is 1. The molecule has 2 aromatic carbocycles. The van der Waals surface area contributed by atoms with Crippen LogP contribution in [0.25, 0.3) is 0 Å². The second-order valence-electron chi connectivity index (χ2n) is 4.98. The number of benzene rings is 2. The maximum absolute atomic E-state index is 10.1. The van der Waals surface area contributed by atoms with Gasteiger partial charge in [-0.05, 0) is 24.6 Å². The summed E-state index contributed by atoms with van der Waals surface area (Å²) in [6.07, 6.45) is 0. The lowest BCUT2D eigenvalue weighted by Crippen LogP contribution is -2.17. The van der Waals surface area contributed by atoms with Crippen molar-refractivity contribution in [3.63, 3.8) is 0 Å². The summed E-state index contributed by atoms with van der Waals surface area (Å²) in [4.78, 5) is 2.10. The Morgan fingerprint density at radius 1 is 1.15 bits per heavy atom. The largest absolute Gasteiger partial charge is 0.507 e. The molecule has 104 valence electrons. The van der Waals surface area contributed by atoms with Crippen LogP contribution in [0.15, 0.2) is 36.4 Å². The Morgan fingerprint density at radius 3 is 2.60 bits per heavy atom. The molecule has 0 unspecified atom stereocenters. The summed E-state index contributed by atoms with van der Waals surface area (Å²) in [7, 11) is 2.01. The van der Waals surface area contributed by atoms with E-state index in [1.54, 1.807) is 6.07 Å². The molecule has 0 aliphatic carbocycles. The number of phenolic OH excluding ortho intramolecular Hbond substituents is 1. The van der Waals surface area contributed by atoms with E-state index in [1.165, 1.54) is 5.56 Å². The Balaban J connectivity index is 1.86. The van der Waals surface area contributed by atoms with Gasteiger partial charge < -0.3 is 19.5 Å². The molecule has 3 rings (SSSR count). The van der Waals surface area contributed by atoms with E-state index in [1.807, 2.05) is 25.2 Å². The summed E-state index contributed by atoms with van der Waals surface area (Å²) >= 11 is 0. The van der Waals surface area contributed by atoms with Gasteiger partial charge in [-0.1, -0.05) is 18.2 Å². The van der Waals surface area contributed by atoms with Gasteiger partial charge in [-0.3, -0.25) is 0 Å². The van der Waals surface area contributed by atoms with Gasteiger partial charge in [0.1, 0.15) is 5.75 Å². The molecule has 0 fully saturated rings. The second kappa shape index (κ2) is 4.96. The molecule has 20 heavy (non-hydrogen) atoms. The molecule has 4 heteroatoms. The summed E-state index contributed by atoms with van der Waals surface area (Å²) < 4.78 is 10.6. The molecule has 0 saturated heterocycles. The molecule has 0 radical (unpaired) electrons. The molecule has 2 aromatic rings. The van der Waals surface area contributed by atoms with E-state index in [-0.39, 0.29) is 12.5 Å². The van der Waals surface area contributed by atoms with Gasteiger partial charge in [-0.15, -0.1) is 0 Å². The van der Waals surface area contributed by atoms with Crippen LogP contribution in [-0.4, -0.2) is 18.9 Å². The number of hydrogen-bond acceptors (Lipinski definition) is 4. The predicted octanol–water partition coefficient (Wildman–Crippen LogP) is 3.07. The van der Waals surface area contributed by atoms with Gasteiger partial charge in [0.25, 0.3) is 0 Å². The summed E-state index contributed by atoms with van der Waals surface area (Å²) in [6, 6.07) is 11.6. The predicted molar refractivity (Wildman–Crippen MR) is 77.5 cm³/mol. The third-order valence-electron chi connectivity index (χ3n) is 3.51. The maximum atomic E-state index is 10.1. The van der Waals surface area contributed by atoms with E-state index in [4.69, 9.17) is 9.47 Å². The van der Waals surface area contributed by atoms with Gasteiger partial charge in [0, 0.05) is 30.9 Å². The lowest BCUT2D eigenvalue weighted by atomic mass is 10.1. The minimum Gasteiger partial charge on any atom is -0.507 e. The number of aryl methyl sites for hydroxylation is 1. The van der Waals surface area contributed by atoms with Crippen LogP contribution in [0.1, 0.15) is 11.1 Å². The van der Waals surface area contributed by atoms with Gasteiger partial charge in [0.05, 0.1) is 0 Å². The van der Waals surface area contributed by atoms with Gasteiger partial charge in [-0.2, -0.15) is 0 Å². The SMILES string of the molecule is Cc1ccccc1N(C)Cc1cc2c(cc1O)OCO2. The molecule has 0 spiro atoms. The summed E-state index contributed by atoms with van der Waals surface area (Å²) in [5.74, 6) is 1.52. The molecule has 0 amide bonds. The summed E-state index contributed by atoms with van der Waals surface area (Å²) in [6.45, 7) is 2.89. The maximum Gasteiger partial charge on any atom is 0.231 e. The molecule has 0 atom stereocenters. The fourth-order valence-electron chi connectivity index (χ4n) is 2.43. The van der Waals surface area contributed by atoms with Gasteiger partial charge >= 0.3 is 0 Å². The van der Waals surface area contributed by atoms with Crippen molar-refractivity contribution in [1.82, 2.24) is 0 Å². The number of rotatable bonds is 3. The number of nitrogens with zero attached hydrogens (tertiary/aromatic N) is 1. The van der Waals surface area contributed by atoms with E-state index in [9.17, 15) is 5.11 Å². The Labute approximate surface area is 118 Å². The summed E-state index contributed by atoms with van der Waals surface area (Å²) in [5, 5.41) is 10.1. The molecule has 0 saturated carbocycles. The standard InChI is InChI=1S/C16H17NO3/c1-11-5-3-4-6-13(11)17(2)9-12-7-15-16(8-14(12)18)20-10-19-15/h3-8,18H,9-10H2,1-2H3. The highest BCUT2D eigenvalue weighted by Crippen LogP contribution is 2.38. The van der Waals surface area contributed by atoms with Crippen LogP contribution < -0.4 is 14.4 Å². The van der Waals surface area contributed by atoms with Crippen LogP contribution in [0.2, 0.25) is 0 Å². The monoisotopic (exact) mass is 271 g/mol. The third kappa shape index (κ3) is 2.25. The van der Waals surface area contributed by atoms with Gasteiger partial charge in [0.2, 0.25) is 6.79 Å². The quantitative estimate of drug-likeness (QED) is 0.931. The van der Waals surface area contributed by atoms with Crippen molar-refractivity contribution in [2.24, 2.45) is 0 Å². The highest BCUT2D eigenvalue weighted by Gasteiger charge is 2.18. The van der Waals surface area contributed by atoms with Crippen molar-refractivity contribution in [1.29, 1.82) is 0 Å². The van der Waals surface area contributed by atoms with Gasteiger partial charge in [0.15, 0.2) is 11.5 Å².